The van der Waals surface area contributed by atoms with Crippen LogP contribution in [0.15, 0.2) is 61.2 Å². The summed E-state index contributed by atoms with van der Waals surface area (Å²) in [6.07, 6.45) is 0.743. The normalized spacial score (nSPS) is 11.3. The van der Waals surface area contributed by atoms with E-state index < -0.39 is 12.0 Å². The predicted octanol–water partition coefficient (Wildman–Crippen LogP) is 3.15. The highest BCUT2D eigenvalue weighted by Gasteiger charge is 2.18. The van der Waals surface area contributed by atoms with E-state index in [4.69, 9.17) is 4.74 Å². The lowest BCUT2D eigenvalue weighted by Crippen LogP contribution is -2.31. The first-order valence-electron chi connectivity index (χ1n) is 7.72. The maximum absolute atomic E-state index is 12.9. The Morgan fingerprint density at radius 1 is 1.20 bits per heavy atom. The van der Waals surface area contributed by atoms with Gasteiger partial charge in [-0.3, -0.25) is 9.59 Å². The number of ether oxygens (including phenoxy) is 1. The smallest absolute Gasteiger partial charge is 0.265 e. The van der Waals surface area contributed by atoms with Crippen molar-refractivity contribution in [3.05, 3.63) is 72.6 Å². The molecule has 2 aromatic carbocycles. The highest BCUT2D eigenvalue weighted by Crippen LogP contribution is 2.17. The lowest BCUT2D eigenvalue weighted by atomic mass is 10.1. The van der Waals surface area contributed by atoms with E-state index in [1.54, 1.807) is 37.3 Å². The maximum Gasteiger partial charge on any atom is 0.265 e. The molecular formula is C19H19FN2O3. The van der Waals surface area contributed by atoms with Gasteiger partial charge in [0.1, 0.15) is 11.6 Å². The fraction of sp³-hybridized carbons (Fsp3) is 0.158. The van der Waals surface area contributed by atoms with Gasteiger partial charge in [-0.1, -0.05) is 18.2 Å². The third-order valence-corrected chi connectivity index (χ3v) is 3.33. The molecule has 0 heterocycles. The molecular weight excluding hydrogens is 323 g/mol. The standard InChI is InChI=1S/C19H19FN2O3/c1-3-12-21-19(24)16-6-4-5-7-17(16)22-18(23)13(2)25-15-10-8-14(20)9-11-15/h3-11,13H,1,12H2,2H3,(H,21,24)(H,22,23). The minimum absolute atomic E-state index is 0.317. The van der Waals surface area contributed by atoms with Crippen LogP contribution in [0.5, 0.6) is 5.75 Å². The Labute approximate surface area is 145 Å². The number of hydrogen-bond acceptors (Lipinski definition) is 3. The quantitative estimate of drug-likeness (QED) is 0.760. The average Bonchev–Trinajstić information content (AvgIpc) is 2.62. The van der Waals surface area contributed by atoms with Gasteiger partial charge in [-0.2, -0.15) is 0 Å². The molecule has 2 amide bonds. The Morgan fingerprint density at radius 2 is 1.88 bits per heavy atom. The molecule has 2 rings (SSSR count). The summed E-state index contributed by atoms with van der Waals surface area (Å²) in [5.41, 5.74) is 0.718. The molecule has 0 fully saturated rings. The number of halogens is 1. The van der Waals surface area contributed by atoms with Gasteiger partial charge in [0.15, 0.2) is 6.10 Å². The molecule has 0 aliphatic carbocycles. The number of hydrogen-bond donors (Lipinski definition) is 2. The van der Waals surface area contributed by atoms with Crippen LogP contribution < -0.4 is 15.4 Å². The third-order valence-electron chi connectivity index (χ3n) is 3.33. The molecule has 6 heteroatoms. The van der Waals surface area contributed by atoms with E-state index in [0.29, 0.717) is 23.5 Å². The molecule has 0 saturated carbocycles. The first kappa shape index (κ1) is 18.2. The number of benzene rings is 2. The maximum atomic E-state index is 12.9. The topological polar surface area (TPSA) is 67.4 Å². The van der Waals surface area contributed by atoms with Crippen molar-refractivity contribution >= 4 is 17.5 Å². The molecule has 0 saturated heterocycles. The zero-order valence-electron chi connectivity index (χ0n) is 13.8. The predicted molar refractivity (Wildman–Crippen MR) is 94.1 cm³/mol. The lowest BCUT2D eigenvalue weighted by Gasteiger charge is -2.16. The summed E-state index contributed by atoms with van der Waals surface area (Å²) in [4.78, 5) is 24.4. The summed E-state index contributed by atoms with van der Waals surface area (Å²) in [7, 11) is 0. The fourth-order valence-electron chi connectivity index (χ4n) is 2.06. The second-order valence-corrected chi connectivity index (χ2v) is 5.25. The summed E-state index contributed by atoms with van der Waals surface area (Å²) in [6, 6.07) is 12.0. The SMILES string of the molecule is C=CCNC(=O)c1ccccc1NC(=O)C(C)Oc1ccc(F)cc1. The van der Waals surface area contributed by atoms with Crippen molar-refractivity contribution < 1.29 is 18.7 Å². The van der Waals surface area contributed by atoms with Crippen molar-refractivity contribution in [2.45, 2.75) is 13.0 Å². The van der Waals surface area contributed by atoms with Crippen LogP contribution in [-0.2, 0) is 4.79 Å². The molecule has 0 aliphatic heterocycles. The highest BCUT2D eigenvalue weighted by molar-refractivity contribution is 6.04. The van der Waals surface area contributed by atoms with Crippen molar-refractivity contribution in [3.8, 4) is 5.75 Å². The highest BCUT2D eigenvalue weighted by atomic mass is 19.1. The third kappa shape index (κ3) is 5.17. The van der Waals surface area contributed by atoms with Crippen LogP contribution in [0.2, 0.25) is 0 Å². The largest absolute Gasteiger partial charge is 0.481 e. The number of carbonyl (C=O) groups is 2. The molecule has 5 nitrogen and oxygen atoms in total. The van der Waals surface area contributed by atoms with Gasteiger partial charge in [0, 0.05) is 6.54 Å². The first-order valence-corrected chi connectivity index (χ1v) is 7.72. The van der Waals surface area contributed by atoms with E-state index in [0.717, 1.165) is 0 Å². The van der Waals surface area contributed by atoms with Gasteiger partial charge >= 0.3 is 0 Å². The molecule has 0 aliphatic rings. The lowest BCUT2D eigenvalue weighted by molar-refractivity contribution is -0.122. The van der Waals surface area contributed by atoms with Crippen molar-refractivity contribution in [1.29, 1.82) is 0 Å². The van der Waals surface area contributed by atoms with Gasteiger partial charge in [0.25, 0.3) is 11.8 Å². The average molecular weight is 342 g/mol. The minimum Gasteiger partial charge on any atom is -0.481 e. The van der Waals surface area contributed by atoms with Crippen LogP contribution in [0.3, 0.4) is 0 Å². The van der Waals surface area contributed by atoms with Gasteiger partial charge in [-0.05, 0) is 43.3 Å². The van der Waals surface area contributed by atoms with Crippen LogP contribution in [0.25, 0.3) is 0 Å². The van der Waals surface area contributed by atoms with E-state index in [1.807, 2.05) is 0 Å². The number of para-hydroxylation sites is 1. The van der Waals surface area contributed by atoms with E-state index in [2.05, 4.69) is 17.2 Å². The number of nitrogens with one attached hydrogen (secondary N) is 2. The van der Waals surface area contributed by atoms with Crippen molar-refractivity contribution in [2.24, 2.45) is 0 Å². The summed E-state index contributed by atoms with van der Waals surface area (Å²) >= 11 is 0. The van der Waals surface area contributed by atoms with Crippen LogP contribution in [0.1, 0.15) is 17.3 Å². The molecule has 2 N–H and O–H groups in total. The Kier molecular flexibility index (Phi) is 6.28. The molecule has 1 unspecified atom stereocenters. The number of carbonyl (C=O) groups excluding carboxylic acids is 2. The second kappa shape index (κ2) is 8.63. The zero-order valence-corrected chi connectivity index (χ0v) is 13.8. The van der Waals surface area contributed by atoms with Crippen molar-refractivity contribution in [2.75, 3.05) is 11.9 Å². The number of amides is 2. The summed E-state index contributed by atoms with van der Waals surface area (Å²) < 4.78 is 18.4. The molecule has 0 radical (unpaired) electrons. The van der Waals surface area contributed by atoms with Gasteiger partial charge in [-0.25, -0.2) is 4.39 Å². The van der Waals surface area contributed by atoms with Gasteiger partial charge in [-0.15, -0.1) is 6.58 Å². The molecule has 0 spiro atoms. The van der Waals surface area contributed by atoms with Crippen molar-refractivity contribution in [3.63, 3.8) is 0 Å². The molecule has 25 heavy (non-hydrogen) atoms. The minimum atomic E-state index is -0.824. The summed E-state index contributed by atoms with van der Waals surface area (Å²) in [5.74, 6) is -0.749. The van der Waals surface area contributed by atoms with Gasteiger partial charge in [0.2, 0.25) is 0 Å². The van der Waals surface area contributed by atoms with Crippen LogP contribution in [0.4, 0.5) is 10.1 Å². The summed E-state index contributed by atoms with van der Waals surface area (Å²) in [5, 5.41) is 5.34. The van der Waals surface area contributed by atoms with E-state index in [9.17, 15) is 14.0 Å². The van der Waals surface area contributed by atoms with E-state index in [-0.39, 0.29) is 11.7 Å². The Balaban J connectivity index is 2.05. The number of anilines is 1. The molecule has 0 aromatic heterocycles. The molecule has 0 bridgehead atoms. The molecule has 1 atom stereocenters. The van der Waals surface area contributed by atoms with Crippen LogP contribution in [0, 0.1) is 5.82 Å². The summed E-state index contributed by atoms with van der Waals surface area (Å²) in [6.45, 7) is 5.43. The fourth-order valence-corrected chi connectivity index (χ4v) is 2.06. The van der Waals surface area contributed by atoms with Crippen LogP contribution >= 0.6 is 0 Å². The number of rotatable bonds is 7. The Morgan fingerprint density at radius 3 is 2.56 bits per heavy atom. The van der Waals surface area contributed by atoms with E-state index >= 15 is 0 Å². The van der Waals surface area contributed by atoms with Gasteiger partial charge < -0.3 is 15.4 Å². The van der Waals surface area contributed by atoms with Crippen molar-refractivity contribution in [1.82, 2.24) is 5.32 Å². The van der Waals surface area contributed by atoms with Crippen LogP contribution in [-0.4, -0.2) is 24.5 Å². The monoisotopic (exact) mass is 342 g/mol. The zero-order chi connectivity index (χ0) is 18.2. The molecule has 130 valence electrons. The first-order chi connectivity index (χ1) is 12.0. The molecule has 2 aromatic rings. The second-order valence-electron chi connectivity index (χ2n) is 5.25. The Hall–Kier alpha value is -3.15. The van der Waals surface area contributed by atoms with Gasteiger partial charge in [0.05, 0.1) is 11.3 Å². The van der Waals surface area contributed by atoms with E-state index in [1.165, 1.54) is 24.3 Å². The Bertz CT molecular complexity index is 760.